The molecule has 3 atom stereocenters. The maximum Gasteiger partial charge on any atom is 0.324 e. The normalized spacial score (nSPS) is 30.1. The fourth-order valence-corrected chi connectivity index (χ4v) is 4.31. The lowest BCUT2D eigenvalue weighted by Gasteiger charge is -2.53. The first-order chi connectivity index (χ1) is 10.5. The Morgan fingerprint density at radius 1 is 1.39 bits per heavy atom. The number of carbonyl (C=O) groups excluding carboxylic acids is 4. The number of fused-ring (bicyclic) bond motifs is 1. The summed E-state index contributed by atoms with van der Waals surface area (Å²) in [4.78, 5) is 49.1. The lowest BCUT2D eigenvalue weighted by atomic mass is 9.88. The van der Waals surface area contributed by atoms with Crippen LogP contribution in [0.15, 0.2) is 0 Å². The molecule has 23 heavy (non-hydrogen) atoms. The van der Waals surface area contributed by atoms with Crippen LogP contribution in [0, 0.1) is 5.41 Å². The summed E-state index contributed by atoms with van der Waals surface area (Å²) < 4.78 is 5.31. The number of hydrogen-bond donors (Lipinski definition) is 1. The second-order valence-electron chi connectivity index (χ2n) is 6.70. The summed E-state index contributed by atoms with van der Waals surface area (Å²) in [6.45, 7) is 6.28. The number of β-lactam (4-membered cyclic amide) rings is 1. The topological polar surface area (TPSA) is 92.8 Å². The molecule has 2 heterocycles. The molecule has 2 saturated heterocycles. The number of esters is 1. The molecule has 2 amide bonds. The van der Waals surface area contributed by atoms with Crippen molar-refractivity contribution in [1.82, 2.24) is 10.2 Å². The maximum absolute atomic E-state index is 12.5. The Kier molecular flexibility index (Phi) is 4.69. The molecule has 0 aliphatic carbocycles. The first kappa shape index (κ1) is 18.1. The van der Waals surface area contributed by atoms with Crippen molar-refractivity contribution in [1.29, 1.82) is 0 Å². The van der Waals surface area contributed by atoms with E-state index in [2.05, 4.69) is 5.32 Å². The molecule has 0 bridgehead atoms. The van der Waals surface area contributed by atoms with Gasteiger partial charge in [0, 0.05) is 19.2 Å². The Bertz CT molecular complexity index is 576. The number of amides is 2. The quantitative estimate of drug-likeness (QED) is 0.340. The number of thioether (sulfide) groups is 1. The molecule has 2 aliphatic rings. The molecule has 128 valence electrons. The summed E-state index contributed by atoms with van der Waals surface area (Å²) in [5.41, 5.74) is -2.34. The third-order valence-corrected chi connectivity index (χ3v) is 5.50. The average molecular weight is 363 g/mol. The second-order valence-corrected chi connectivity index (χ2v) is 8.15. The zero-order chi connectivity index (χ0) is 17.6. The molecule has 7 nitrogen and oxygen atoms in total. The zero-order valence-corrected chi connectivity index (χ0v) is 14.9. The van der Waals surface area contributed by atoms with Crippen molar-refractivity contribution in [2.24, 2.45) is 5.41 Å². The van der Waals surface area contributed by atoms with Gasteiger partial charge in [0.2, 0.25) is 17.1 Å². The lowest BCUT2D eigenvalue weighted by Crippen LogP contribution is -2.74. The number of nitrogens with zero attached hydrogens (tertiary/aromatic N) is 1. The van der Waals surface area contributed by atoms with Crippen LogP contribution in [0.1, 0.15) is 27.7 Å². The van der Waals surface area contributed by atoms with Gasteiger partial charge in [0.1, 0.15) is 17.0 Å². The van der Waals surface area contributed by atoms with Crippen molar-refractivity contribution in [3.63, 3.8) is 0 Å². The van der Waals surface area contributed by atoms with Crippen molar-refractivity contribution in [2.45, 2.75) is 44.7 Å². The lowest BCUT2D eigenvalue weighted by molar-refractivity contribution is -0.172. The van der Waals surface area contributed by atoms with Gasteiger partial charge in [-0.25, -0.2) is 0 Å². The molecule has 2 rings (SSSR count). The highest BCUT2D eigenvalue weighted by molar-refractivity contribution is 8.00. The SMILES string of the molecule is CC(=O)NC1C(=O)N2CC(C(=O)Cl)(C(=O)OC(C)(C)C)CS[C@H]12. The van der Waals surface area contributed by atoms with E-state index >= 15 is 0 Å². The largest absolute Gasteiger partial charge is 0.459 e. The van der Waals surface area contributed by atoms with E-state index in [0.29, 0.717) is 0 Å². The summed E-state index contributed by atoms with van der Waals surface area (Å²) in [5.74, 6) is -1.26. The fraction of sp³-hybridized carbons (Fsp3) is 0.714. The maximum atomic E-state index is 12.5. The van der Waals surface area contributed by atoms with Crippen LogP contribution < -0.4 is 5.32 Å². The molecule has 0 saturated carbocycles. The molecule has 0 radical (unpaired) electrons. The average Bonchev–Trinajstić information content (AvgIpc) is 2.41. The van der Waals surface area contributed by atoms with E-state index in [1.807, 2.05) is 0 Å². The van der Waals surface area contributed by atoms with Gasteiger partial charge in [-0.3, -0.25) is 19.2 Å². The molecular formula is C14H19ClN2O5S. The third-order valence-electron chi connectivity index (χ3n) is 3.61. The Balaban J connectivity index is 2.18. The predicted octanol–water partition coefficient (Wildman–Crippen LogP) is 0.500. The Labute approximate surface area is 143 Å². The summed E-state index contributed by atoms with van der Waals surface area (Å²) >= 11 is 6.92. The van der Waals surface area contributed by atoms with Gasteiger partial charge in [-0.2, -0.15) is 0 Å². The van der Waals surface area contributed by atoms with Crippen molar-refractivity contribution in [3.05, 3.63) is 0 Å². The monoisotopic (exact) mass is 362 g/mol. The van der Waals surface area contributed by atoms with E-state index < -0.39 is 28.3 Å². The van der Waals surface area contributed by atoms with Crippen LogP contribution in [0.2, 0.25) is 0 Å². The van der Waals surface area contributed by atoms with E-state index in [0.717, 1.165) is 0 Å². The first-order valence-corrected chi connectivity index (χ1v) is 8.53. The van der Waals surface area contributed by atoms with Crippen LogP contribution in [0.4, 0.5) is 0 Å². The molecule has 0 aromatic rings. The van der Waals surface area contributed by atoms with Gasteiger partial charge in [-0.05, 0) is 32.4 Å². The highest BCUT2D eigenvalue weighted by Gasteiger charge is 2.60. The number of ether oxygens (including phenoxy) is 1. The number of nitrogens with one attached hydrogen (secondary N) is 1. The molecule has 1 N–H and O–H groups in total. The smallest absolute Gasteiger partial charge is 0.324 e. The molecule has 2 aliphatic heterocycles. The second kappa shape index (κ2) is 5.98. The molecule has 9 heteroatoms. The van der Waals surface area contributed by atoms with Crippen LogP contribution in [0.25, 0.3) is 0 Å². The van der Waals surface area contributed by atoms with Gasteiger partial charge < -0.3 is 15.0 Å². The number of rotatable bonds is 3. The standard InChI is InChI=1S/C14H19ClN2O5S/c1-7(18)16-8-9(19)17-5-14(11(15)20,6-23-10(8)17)12(21)22-13(2,3)4/h8,10H,5-6H2,1-4H3,(H,16,18)/t8?,10-,14?/m1/s1. The van der Waals surface area contributed by atoms with Crippen molar-refractivity contribution < 1.29 is 23.9 Å². The van der Waals surface area contributed by atoms with Gasteiger partial charge in [-0.1, -0.05) is 0 Å². The predicted molar refractivity (Wildman–Crippen MR) is 84.7 cm³/mol. The van der Waals surface area contributed by atoms with Gasteiger partial charge in [0.25, 0.3) is 0 Å². The summed E-state index contributed by atoms with van der Waals surface area (Å²) in [7, 11) is 0. The minimum Gasteiger partial charge on any atom is -0.459 e. The Morgan fingerprint density at radius 2 is 2.00 bits per heavy atom. The van der Waals surface area contributed by atoms with Crippen LogP contribution >= 0.6 is 23.4 Å². The van der Waals surface area contributed by atoms with Crippen molar-refractivity contribution in [2.75, 3.05) is 12.3 Å². The van der Waals surface area contributed by atoms with Gasteiger partial charge in [0.15, 0.2) is 5.41 Å². The number of hydrogen-bond acceptors (Lipinski definition) is 6. The summed E-state index contributed by atoms with van der Waals surface area (Å²) in [6.07, 6.45) is 0. The minimum absolute atomic E-state index is 0.106. The van der Waals surface area contributed by atoms with Crippen molar-refractivity contribution >= 4 is 46.4 Å². The van der Waals surface area contributed by atoms with E-state index in [1.165, 1.54) is 23.6 Å². The van der Waals surface area contributed by atoms with Crippen LogP contribution in [0.3, 0.4) is 0 Å². The van der Waals surface area contributed by atoms with E-state index in [9.17, 15) is 19.2 Å². The van der Waals surface area contributed by atoms with Gasteiger partial charge in [0.05, 0.1) is 0 Å². The molecule has 2 fully saturated rings. The Morgan fingerprint density at radius 3 is 2.48 bits per heavy atom. The number of carbonyl (C=O) groups is 4. The van der Waals surface area contributed by atoms with E-state index in [4.69, 9.17) is 16.3 Å². The molecule has 0 spiro atoms. The van der Waals surface area contributed by atoms with Crippen LogP contribution in [-0.2, 0) is 23.9 Å². The van der Waals surface area contributed by atoms with E-state index in [1.54, 1.807) is 20.8 Å². The highest BCUT2D eigenvalue weighted by atomic mass is 35.5. The third kappa shape index (κ3) is 3.33. The first-order valence-electron chi connectivity index (χ1n) is 7.10. The highest BCUT2D eigenvalue weighted by Crippen LogP contribution is 2.44. The number of halogens is 1. The van der Waals surface area contributed by atoms with Crippen LogP contribution in [-0.4, -0.2) is 57.2 Å². The van der Waals surface area contributed by atoms with Crippen LogP contribution in [0.5, 0.6) is 0 Å². The minimum atomic E-state index is -1.58. The molecule has 0 aromatic carbocycles. The summed E-state index contributed by atoms with van der Waals surface area (Å²) in [5, 5.41) is 1.43. The molecule has 2 unspecified atom stereocenters. The molecular weight excluding hydrogens is 344 g/mol. The summed E-state index contributed by atoms with van der Waals surface area (Å²) in [6, 6.07) is -0.625. The fourth-order valence-electron chi connectivity index (χ4n) is 2.49. The van der Waals surface area contributed by atoms with Gasteiger partial charge >= 0.3 is 5.97 Å². The van der Waals surface area contributed by atoms with Gasteiger partial charge in [-0.15, -0.1) is 11.8 Å². The van der Waals surface area contributed by atoms with E-state index in [-0.39, 0.29) is 29.5 Å². The zero-order valence-electron chi connectivity index (χ0n) is 13.3. The Hall–Kier alpha value is -1.28. The molecule has 0 aromatic heterocycles. The van der Waals surface area contributed by atoms with Crippen molar-refractivity contribution in [3.8, 4) is 0 Å².